The summed E-state index contributed by atoms with van der Waals surface area (Å²) >= 11 is 0. The van der Waals surface area contributed by atoms with Crippen molar-refractivity contribution in [2.45, 2.75) is 20.8 Å². The van der Waals surface area contributed by atoms with Crippen LogP contribution in [0.1, 0.15) is 19.7 Å². The number of aryl methyl sites for hydroxylation is 1. The Morgan fingerprint density at radius 3 is 2.62 bits per heavy atom. The van der Waals surface area contributed by atoms with Gasteiger partial charge in [-0.3, -0.25) is 9.38 Å². The predicted molar refractivity (Wildman–Crippen MR) is 92.2 cm³/mol. The van der Waals surface area contributed by atoms with Crippen LogP contribution in [0.2, 0.25) is 0 Å². The van der Waals surface area contributed by atoms with Crippen molar-refractivity contribution in [3.05, 3.63) is 48.7 Å². The highest BCUT2D eigenvalue weighted by atomic mass is 16.5. The third kappa shape index (κ3) is 2.83. The second kappa shape index (κ2) is 6.49. The van der Waals surface area contributed by atoms with Gasteiger partial charge < -0.3 is 10.3 Å². The fourth-order valence-corrected chi connectivity index (χ4v) is 2.37. The lowest BCUT2D eigenvalue weighted by Crippen LogP contribution is -1.93. The number of aromatic nitrogens is 5. The van der Waals surface area contributed by atoms with Gasteiger partial charge in [0.15, 0.2) is 5.82 Å². The zero-order valence-electron chi connectivity index (χ0n) is 13.8. The summed E-state index contributed by atoms with van der Waals surface area (Å²) in [6.07, 6.45) is 5.26. The first kappa shape index (κ1) is 15.7. The smallest absolute Gasteiger partial charge is 0.274 e. The van der Waals surface area contributed by atoms with Crippen LogP contribution >= 0.6 is 0 Å². The van der Waals surface area contributed by atoms with Gasteiger partial charge in [0.25, 0.3) is 5.89 Å². The summed E-state index contributed by atoms with van der Waals surface area (Å²) in [7, 11) is 0. The van der Waals surface area contributed by atoms with E-state index in [9.17, 15) is 0 Å². The van der Waals surface area contributed by atoms with E-state index < -0.39 is 0 Å². The van der Waals surface area contributed by atoms with E-state index in [0.29, 0.717) is 23.2 Å². The molecule has 0 radical (unpaired) electrons. The third-order valence-corrected chi connectivity index (χ3v) is 3.33. The van der Waals surface area contributed by atoms with Crippen molar-refractivity contribution in [3.8, 4) is 22.7 Å². The molecular weight excluding hydrogens is 304 g/mol. The van der Waals surface area contributed by atoms with Crippen molar-refractivity contribution in [3.63, 3.8) is 0 Å². The molecule has 0 bridgehead atoms. The fraction of sp³-hybridized carbons (Fsp3) is 0.176. The Morgan fingerprint density at radius 2 is 1.96 bits per heavy atom. The average molecular weight is 322 g/mol. The van der Waals surface area contributed by atoms with E-state index in [4.69, 9.17) is 10.3 Å². The van der Waals surface area contributed by atoms with Gasteiger partial charge >= 0.3 is 0 Å². The maximum atomic E-state index is 5.82. The number of imidazole rings is 1. The highest BCUT2D eigenvalue weighted by Crippen LogP contribution is 2.28. The summed E-state index contributed by atoms with van der Waals surface area (Å²) in [6, 6.07) is 7.77. The average Bonchev–Trinajstić information content (AvgIpc) is 3.21. The van der Waals surface area contributed by atoms with Crippen LogP contribution in [-0.2, 0) is 0 Å². The summed E-state index contributed by atoms with van der Waals surface area (Å²) in [6.45, 7) is 5.78. The number of anilines is 1. The molecule has 4 rings (SSSR count). The van der Waals surface area contributed by atoms with Gasteiger partial charge in [0.05, 0.1) is 6.20 Å². The number of fused-ring (bicyclic) bond motifs is 1. The number of nitrogens with two attached hydrogens (primary N) is 1. The van der Waals surface area contributed by atoms with Crippen LogP contribution in [0.5, 0.6) is 0 Å². The number of nitrogen functional groups attached to an aromatic ring is 1. The molecule has 0 unspecified atom stereocenters. The molecule has 7 nitrogen and oxygen atoms in total. The van der Waals surface area contributed by atoms with Gasteiger partial charge in [-0.25, -0.2) is 4.98 Å². The lowest BCUT2D eigenvalue weighted by Gasteiger charge is -2.06. The van der Waals surface area contributed by atoms with E-state index >= 15 is 0 Å². The van der Waals surface area contributed by atoms with Crippen molar-refractivity contribution in [1.29, 1.82) is 0 Å². The van der Waals surface area contributed by atoms with Crippen LogP contribution in [0.25, 0.3) is 28.4 Å². The standard InChI is InChI=1S/C15H12N6O.C2H6/c1-9-18-15(22-20-9)12-5-11(10-3-2-4-17-7-10)6-14-19-13(16)8-21(12)14;1-2/h2-8H,16H2,1H3;1-2H3. The monoisotopic (exact) mass is 322 g/mol. The summed E-state index contributed by atoms with van der Waals surface area (Å²) in [5.41, 5.74) is 9.20. The minimum absolute atomic E-state index is 0.422. The van der Waals surface area contributed by atoms with Crippen molar-refractivity contribution in [2.75, 3.05) is 5.73 Å². The molecule has 24 heavy (non-hydrogen) atoms. The minimum atomic E-state index is 0.422. The molecule has 0 atom stereocenters. The minimum Gasteiger partial charge on any atom is -0.382 e. The maximum absolute atomic E-state index is 5.82. The molecule has 4 aromatic heterocycles. The molecule has 0 fully saturated rings. The summed E-state index contributed by atoms with van der Waals surface area (Å²) < 4.78 is 7.13. The Bertz CT molecular complexity index is 958. The van der Waals surface area contributed by atoms with Crippen LogP contribution in [0.15, 0.2) is 47.4 Å². The second-order valence-corrected chi connectivity index (χ2v) is 4.91. The van der Waals surface area contributed by atoms with E-state index in [-0.39, 0.29) is 0 Å². The number of hydrogen-bond acceptors (Lipinski definition) is 6. The zero-order chi connectivity index (χ0) is 17.1. The molecule has 122 valence electrons. The van der Waals surface area contributed by atoms with Crippen LogP contribution < -0.4 is 5.73 Å². The van der Waals surface area contributed by atoms with Crippen LogP contribution in [0, 0.1) is 6.92 Å². The van der Waals surface area contributed by atoms with Gasteiger partial charge in [-0.15, -0.1) is 0 Å². The van der Waals surface area contributed by atoms with E-state index in [1.54, 1.807) is 25.5 Å². The highest BCUT2D eigenvalue weighted by molar-refractivity contribution is 5.73. The van der Waals surface area contributed by atoms with Gasteiger partial charge in [-0.2, -0.15) is 4.98 Å². The lowest BCUT2D eigenvalue weighted by molar-refractivity contribution is 0.424. The first-order valence-electron chi connectivity index (χ1n) is 7.70. The normalized spacial score (nSPS) is 10.5. The molecule has 0 aromatic carbocycles. The maximum Gasteiger partial charge on any atom is 0.274 e. The van der Waals surface area contributed by atoms with Crippen molar-refractivity contribution < 1.29 is 4.52 Å². The number of rotatable bonds is 2. The quantitative estimate of drug-likeness (QED) is 0.608. The Morgan fingerprint density at radius 1 is 1.12 bits per heavy atom. The van der Waals surface area contributed by atoms with Crippen LogP contribution in [0.3, 0.4) is 0 Å². The SMILES string of the molecule is CC.Cc1noc(-c2cc(-c3cccnc3)cc3nc(N)cn23)n1. The number of hydrogen-bond donors (Lipinski definition) is 1. The Balaban J connectivity index is 0.000000815. The molecule has 2 N–H and O–H groups in total. The molecular formula is C17H18N6O. The molecule has 0 saturated heterocycles. The zero-order valence-corrected chi connectivity index (χ0v) is 13.8. The summed E-state index contributed by atoms with van der Waals surface area (Å²) in [5.74, 6) is 1.43. The molecule has 0 aliphatic rings. The molecule has 7 heteroatoms. The van der Waals surface area contributed by atoms with E-state index in [1.165, 1.54) is 0 Å². The first-order chi connectivity index (χ1) is 11.7. The molecule has 0 spiro atoms. The lowest BCUT2D eigenvalue weighted by atomic mass is 10.1. The first-order valence-corrected chi connectivity index (χ1v) is 7.70. The van der Waals surface area contributed by atoms with Gasteiger partial charge in [0.1, 0.15) is 17.2 Å². The van der Waals surface area contributed by atoms with E-state index in [1.807, 2.05) is 42.5 Å². The summed E-state index contributed by atoms with van der Waals surface area (Å²) in [4.78, 5) is 12.8. The molecule has 0 saturated carbocycles. The van der Waals surface area contributed by atoms with E-state index in [2.05, 4.69) is 20.1 Å². The molecule has 0 amide bonds. The fourth-order valence-electron chi connectivity index (χ4n) is 2.37. The van der Waals surface area contributed by atoms with Crippen molar-refractivity contribution in [2.24, 2.45) is 0 Å². The molecule has 0 aliphatic heterocycles. The highest BCUT2D eigenvalue weighted by Gasteiger charge is 2.14. The molecule has 0 aliphatic carbocycles. The van der Waals surface area contributed by atoms with Crippen molar-refractivity contribution >= 4 is 11.5 Å². The number of nitrogens with zero attached hydrogens (tertiary/aromatic N) is 5. The Labute approximate surface area is 139 Å². The molecule has 4 aromatic rings. The Hall–Kier alpha value is -3.22. The molecule has 4 heterocycles. The van der Waals surface area contributed by atoms with Gasteiger partial charge in [-0.05, 0) is 30.7 Å². The van der Waals surface area contributed by atoms with Crippen molar-refractivity contribution in [1.82, 2.24) is 24.5 Å². The second-order valence-electron chi connectivity index (χ2n) is 4.91. The Kier molecular flexibility index (Phi) is 4.24. The number of pyridine rings is 2. The van der Waals surface area contributed by atoms with Crippen LogP contribution in [-0.4, -0.2) is 24.5 Å². The third-order valence-electron chi connectivity index (χ3n) is 3.33. The van der Waals surface area contributed by atoms with E-state index in [0.717, 1.165) is 16.8 Å². The summed E-state index contributed by atoms with van der Waals surface area (Å²) in [5, 5.41) is 3.85. The van der Waals surface area contributed by atoms with Gasteiger partial charge in [-0.1, -0.05) is 25.1 Å². The predicted octanol–water partition coefficient (Wildman–Crippen LogP) is 3.36. The van der Waals surface area contributed by atoms with Gasteiger partial charge in [0, 0.05) is 18.0 Å². The van der Waals surface area contributed by atoms with Crippen LogP contribution in [0.4, 0.5) is 5.82 Å². The largest absolute Gasteiger partial charge is 0.382 e. The topological polar surface area (TPSA) is 95.1 Å². The van der Waals surface area contributed by atoms with Gasteiger partial charge in [0.2, 0.25) is 0 Å².